The molecule has 43 heavy (non-hydrogen) atoms. The number of benzene rings is 2. The van der Waals surface area contributed by atoms with E-state index in [-0.39, 0.29) is 52.6 Å². The summed E-state index contributed by atoms with van der Waals surface area (Å²) in [4.78, 5) is 30.7. The van der Waals surface area contributed by atoms with E-state index in [2.05, 4.69) is 25.8 Å². The topological polar surface area (TPSA) is 134 Å². The molecule has 3 heterocycles. The Balaban J connectivity index is 1.43. The SMILES string of the molecule is CC(CO)Nc1n[nH]c2nccc(Oc3ccc(NC(=O)c4cn(C(C)C)cc(-c5ccc(F)cc5F)c4=O)cc3F)c12. The first kappa shape index (κ1) is 29.3. The van der Waals surface area contributed by atoms with Crippen molar-refractivity contribution in [2.45, 2.75) is 32.9 Å². The molecule has 5 rings (SSSR count). The van der Waals surface area contributed by atoms with Crippen molar-refractivity contribution in [3.63, 3.8) is 0 Å². The predicted molar refractivity (Wildman–Crippen MR) is 155 cm³/mol. The zero-order valence-corrected chi connectivity index (χ0v) is 23.3. The summed E-state index contributed by atoms with van der Waals surface area (Å²) in [5.74, 6) is -2.98. The highest BCUT2D eigenvalue weighted by molar-refractivity contribution is 6.04. The van der Waals surface area contributed by atoms with Crippen LogP contribution in [-0.4, -0.2) is 43.4 Å². The van der Waals surface area contributed by atoms with Crippen molar-refractivity contribution in [2.75, 3.05) is 17.2 Å². The lowest BCUT2D eigenvalue weighted by molar-refractivity contribution is 0.102. The highest BCUT2D eigenvalue weighted by Gasteiger charge is 2.21. The van der Waals surface area contributed by atoms with E-state index in [1.54, 1.807) is 25.3 Å². The third-order valence-corrected chi connectivity index (χ3v) is 6.60. The highest BCUT2D eigenvalue weighted by Crippen LogP contribution is 2.34. The maximum Gasteiger partial charge on any atom is 0.261 e. The van der Waals surface area contributed by atoms with Gasteiger partial charge in [0, 0.05) is 65.7 Å². The van der Waals surface area contributed by atoms with Gasteiger partial charge in [-0.05, 0) is 45.0 Å². The summed E-state index contributed by atoms with van der Waals surface area (Å²) in [5, 5.41) is 22.2. The highest BCUT2D eigenvalue weighted by atomic mass is 19.1. The molecule has 2 aromatic carbocycles. The number of carbonyl (C=O) groups excluding carboxylic acids is 1. The lowest BCUT2D eigenvalue weighted by atomic mass is 10.0. The summed E-state index contributed by atoms with van der Waals surface area (Å²) in [7, 11) is 0. The number of aromatic amines is 1. The molecule has 13 heteroatoms. The molecule has 0 aliphatic carbocycles. The number of fused-ring (bicyclic) bond motifs is 1. The van der Waals surface area contributed by atoms with Crippen LogP contribution in [-0.2, 0) is 0 Å². The van der Waals surface area contributed by atoms with Crippen LogP contribution in [0.15, 0.2) is 65.8 Å². The zero-order chi connectivity index (χ0) is 30.8. The molecule has 0 saturated carbocycles. The summed E-state index contributed by atoms with van der Waals surface area (Å²) < 4.78 is 50.6. The van der Waals surface area contributed by atoms with Crippen LogP contribution in [0, 0.1) is 17.5 Å². The van der Waals surface area contributed by atoms with E-state index < -0.39 is 28.8 Å². The summed E-state index contributed by atoms with van der Waals surface area (Å²) in [6.07, 6.45) is 4.18. The average molecular weight is 593 g/mol. The van der Waals surface area contributed by atoms with Crippen LogP contribution in [0.25, 0.3) is 22.2 Å². The second kappa shape index (κ2) is 12.0. The lowest BCUT2D eigenvalue weighted by Crippen LogP contribution is -2.25. The number of halogens is 3. The fraction of sp³-hybridized carbons (Fsp3) is 0.200. The molecule has 0 fully saturated rings. The van der Waals surface area contributed by atoms with Gasteiger partial charge in [-0.2, -0.15) is 5.10 Å². The van der Waals surface area contributed by atoms with E-state index in [9.17, 15) is 23.5 Å². The van der Waals surface area contributed by atoms with Gasteiger partial charge in [0.15, 0.2) is 23.0 Å². The van der Waals surface area contributed by atoms with Gasteiger partial charge in [-0.25, -0.2) is 18.2 Å². The second-order valence-corrected chi connectivity index (χ2v) is 10.1. The van der Waals surface area contributed by atoms with Crippen LogP contribution in [0.2, 0.25) is 0 Å². The standard InChI is InChI=1S/C30H27F3N6O4/c1-15(2)39-12-20(19-6-4-17(31)10-22(19)32)27(41)21(13-39)30(42)36-18-5-7-24(23(33)11-18)43-25-8-9-34-28-26(25)29(38-37-28)35-16(3)14-40/h4-13,15-16,40H,14H2,1-3H3,(H,36,42)(H2,34,35,37,38). The molecule has 1 amide bonds. The molecule has 0 radical (unpaired) electrons. The molecule has 4 N–H and O–H groups in total. The molecule has 1 unspecified atom stereocenters. The Labute approximate surface area is 243 Å². The number of pyridine rings is 2. The van der Waals surface area contributed by atoms with Crippen LogP contribution in [0.4, 0.5) is 24.7 Å². The molecular formula is C30H27F3N6O4. The number of hydrogen-bond acceptors (Lipinski definition) is 7. The van der Waals surface area contributed by atoms with Gasteiger partial charge >= 0.3 is 0 Å². The number of ether oxygens (including phenoxy) is 1. The number of aliphatic hydroxyl groups is 1. The van der Waals surface area contributed by atoms with Gasteiger partial charge in [0.2, 0.25) is 5.43 Å². The maximum absolute atomic E-state index is 15.2. The zero-order valence-electron chi connectivity index (χ0n) is 23.3. The Kier molecular flexibility index (Phi) is 8.17. The quantitative estimate of drug-likeness (QED) is 0.175. The van der Waals surface area contributed by atoms with E-state index in [1.807, 2.05) is 0 Å². The maximum atomic E-state index is 15.2. The van der Waals surface area contributed by atoms with Crippen LogP contribution in [0.5, 0.6) is 11.5 Å². The van der Waals surface area contributed by atoms with Gasteiger partial charge in [0.05, 0.1) is 6.61 Å². The average Bonchev–Trinajstić information content (AvgIpc) is 3.38. The van der Waals surface area contributed by atoms with E-state index in [0.717, 1.165) is 18.2 Å². The predicted octanol–water partition coefficient (Wildman–Crippen LogP) is 5.62. The Morgan fingerprint density at radius 1 is 1.02 bits per heavy atom. The first-order valence-corrected chi connectivity index (χ1v) is 13.3. The minimum absolute atomic E-state index is 0.0334. The van der Waals surface area contributed by atoms with Crippen LogP contribution >= 0.6 is 0 Å². The molecule has 0 aliphatic heterocycles. The van der Waals surface area contributed by atoms with Crippen molar-refractivity contribution in [1.29, 1.82) is 0 Å². The molecule has 0 aliphatic rings. The number of nitrogens with zero attached hydrogens (tertiary/aromatic N) is 3. The van der Waals surface area contributed by atoms with Gasteiger partial charge in [-0.1, -0.05) is 0 Å². The molecule has 5 aromatic rings. The molecule has 1 atom stereocenters. The summed E-state index contributed by atoms with van der Waals surface area (Å²) >= 11 is 0. The normalized spacial score (nSPS) is 12.0. The van der Waals surface area contributed by atoms with Crippen molar-refractivity contribution in [1.82, 2.24) is 19.7 Å². The first-order valence-electron chi connectivity index (χ1n) is 13.3. The molecule has 0 saturated heterocycles. The Bertz CT molecular complexity index is 1890. The van der Waals surface area contributed by atoms with E-state index in [4.69, 9.17) is 4.74 Å². The Hall–Kier alpha value is -5.17. The number of nitrogens with one attached hydrogen (secondary N) is 3. The number of carbonyl (C=O) groups is 1. The molecule has 0 bridgehead atoms. The number of rotatable bonds is 9. The van der Waals surface area contributed by atoms with E-state index >= 15 is 4.39 Å². The van der Waals surface area contributed by atoms with Crippen molar-refractivity contribution in [2.24, 2.45) is 0 Å². The van der Waals surface area contributed by atoms with Gasteiger partial charge in [-0.15, -0.1) is 0 Å². The van der Waals surface area contributed by atoms with Crippen molar-refractivity contribution in [3.05, 3.63) is 94.3 Å². The summed E-state index contributed by atoms with van der Waals surface area (Å²) in [6.45, 7) is 5.21. The number of aromatic nitrogens is 4. The fourth-order valence-electron chi connectivity index (χ4n) is 4.33. The van der Waals surface area contributed by atoms with E-state index in [1.165, 1.54) is 36.8 Å². The van der Waals surface area contributed by atoms with E-state index in [0.29, 0.717) is 22.9 Å². The second-order valence-electron chi connectivity index (χ2n) is 10.1. The van der Waals surface area contributed by atoms with Crippen molar-refractivity contribution in [3.8, 4) is 22.6 Å². The van der Waals surface area contributed by atoms with Crippen LogP contribution in [0.3, 0.4) is 0 Å². The van der Waals surface area contributed by atoms with Crippen LogP contribution in [0.1, 0.15) is 37.2 Å². The van der Waals surface area contributed by atoms with Crippen molar-refractivity contribution >= 4 is 28.4 Å². The minimum atomic E-state index is -0.949. The first-order chi connectivity index (χ1) is 20.5. The van der Waals surface area contributed by atoms with Crippen LogP contribution < -0.4 is 20.8 Å². The minimum Gasteiger partial charge on any atom is -0.453 e. The molecule has 0 spiro atoms. The summed E-state index contributed by atoms with van der Waals surface area (Å²) in [6, 6.07) is 7.53. The number of amides is 1. The van der Waals surface area contributed by atoms with Gasteiger partial charge < -0.3 is 25.0 Å². The molecule has 3 aromatic heterocycles. The lowest BCUT2D eigenvalue weighted by Gasteiger charge is -2.16. The Morgan fingerprint density at radius 2 is 1.81 bits per heavy atom. The number of anilines is 2. The third kappa shape index (κ3) is 6.06. The smallest absolute Gasteiger partial charge is 0.261 e. The molecule has 222 valence electrons. The molecular weight excluding hydrogens is 565 g/mol. The number of H-pyrrole nitrogens is 1. The number of aliphatic hydroxyl groups excluding tert-OH is 1. The largest absolute Gasteiger partial charge is 0.453 e. The number of hydrogen-bond donors (Lipinski definition) is 4. The monoisotopic (exact) mass is 592 g/mol. The van der Waals surface area contributed by atoms with Gasteiger partial charge in [0.1, 0.15) is 28.3 Å². The molecule has 10 nitrogen and oxygen atoms in total. The fourth-order valence-corrected chi connectivity index (χ4v) is 4.33. The summed E-state index contributed by atoms with van der Waals surface area (Å²) in [5.41, 5.74) is -0.960. The van der Waals surface area contributed by atoms with Gasteiger partial charge in [-0.3, -0.25) is 14.7 Å². The third-order valence-electron chi connectivity index (χ3n) is 6.60. The van der Waals surface area contributed by atoms with Gasteiger partial charge in [0.25, 0.3) is 5.91 Å². The van der Waals surface area contributed by atoms with Crippen molar-refractivity contribution < 1.29 is 27.8 Å². The Morgan fingerprint density at radius 3 is 2.51 bits per heavy atom.